The smallest absolute Gasteiger partial charge is 0.252 e. The van der Waals surface area contributed by atoms with E-state index in [2.05, 4.69) is 43.8 Å². The molecule has 0 spiro atoms. The predicted octanol–water partition coefficient (Wildman–Crippen LogP) is 4.56. The highest BCUT2D eigenvalue weighted by Gasteiger charge is 2.17. The van der Waals surface area contributed by atoms with Crippen molar-refractivity contribution in [2.24, 2.45) is 0 Å². The lowest BCUT2D eigenvalue weighted by Crippen LogP contribution is -2.27. The lowest BCUT2D eigenvalue weighted by molar-refractivity contribution is 0.0938. The number of carbonyl (C=O) groups is 1. The van der Waals surface area contributed by atoms with Crippen LogP contribution in [0.3, 0.4) is 0 Å². The van der Waals surface area contributed by atoms with Crippen molar-refractivity contribution in [2.45, 2.75) is 13.0 Å². The molecular formula is C17H17BrINO3. The molecule has 23 heavy (non-hydrogen) atoms. The molecule has 0 aliphatic rings. The van der Waals surface area contributed by atoms with Gasteiger partial charge in [-0.2, -0.15) is 0 Å². The molecule has 0 fully saturated rings. The normalized spacial score (nSPS) is 11.7. The Morgan fingerprint density at radius 2 is 1.83 bits per heavy atom. The Morgan fingerprint density at radius 3 is 2.43 bits per heavy atom. The van der Waals surface area contributed by atoms with Crippen molar-refractivity contribution in [2.75, 3.05) is 14.2 Å². The van der Waals surface area contributed by atoms with Gasteiger partial charge in [0, 0.05) is 8.04 Å². The molecular weight excluding hydrogens is 473 g/mol. The summed E-state index contributed by atoms with van der Waals surface area (Å²) in [5.74, 6) is 0.990. The number of ether oxygens (including phenoxy) is 2. The zero-order chi connectivity index (χ0) is 17.0. The van der Waals surface area contributed by atoms with Crippen molar-refractivity contribution in [1.82, 2.24) is 5.32 Å². The minimum Gasteiger partial charge on any atom is -0.493 e. The Kier molecular flexibility index (Phi) is 6.29. The molecule has 2 aromatic rings. The van der Waals surface area contributed by atoms with Gasteiger partial charge in [-0.15, -0.1) is 0 Å². The Morgan fingerprint density at radius 1 is 1.17 bits per heavy atom. The minimum absolute atomic E-state index is 0.108. The van der Waals surface area contributed by atoms with Crippen LogP contribution in [0.2, 0.25) is 0 Å². The first-order valence-corrected chi connectivity index (χ1v) is 8.81. The molecule has 0 bridgehead atoms. The summed E-state index contributed by atoms with van der Waals surface area (Å²) < 4.78 is 12.3. The summed E-state index contributed by atoms with van der Waals surface area (Å²) >= 11 is 5.56. The highest BCUT2D eigenvalue weighted by atomic mass is 127. The quantitative estimate of drug-likeness (QED) is 0.626. The van der Waals surface area contributed by atoms with Gasteiger partial charge < -0.3 is 14.8 Å². The van der Waals surface area contributed by atoms with Crippen molar-refractivity contribution >= 4 is 44.4 Å². The van der Waals surface area contributed by atoms with E-state index in [0.717, 1.165) is 13.6 Å². The summed E-state index contributed by atoms with van der Waals surface area (Å²) in [7, 11) is 3.12. The van der Waals surface area contributed by atoms with Crippen LogP contribution in [0, 0.1) is 3.57 Å². The van der Waals surface area contributed by atoms with E-state index in [1.54, 1.807) is 26.4 Å². The van der Waals surface area contributed by atoms with Crippen LogP contribution in [-0.2, 0) is 0 Å². The SMILES string of the molecule is COc1cc(I)c(C(=O)NC(C)c2cccc(Br)c2)cc1OC. The van der Waals surface area contributed by atoms with Crippen molar-refractivity contribution in [3.8, 4) is 11.5 Å². The average molecular weight is 490 g/mol. The number of hydrogen-bond acceptors (Lipinski definition) is 3. The van der Waals surface area contributed by atoms with Crippen LogP contribution in [0.15, 0.2) is 40.9 Å². The molecule has 2 rings (SSSR count). The molecule has 1 atom stereocenters. The number of nitrogens with one attached hydrogen (secondary N) is 1. The van der Waals surface area contributed by atoms with E-state index in [-0.39, 0.29) is 11.9 Å². The molecule has 0 heterocycles. The lowest BCUT2D eigenvalue weighted by atomic mass is 10.1. The number of hydrogen-bond donors (Lipinski definition) is 1. The number of rotatable bonds is 5. The second kappa shape index (κ2) is 8.01. The van der Waals surface area contributed by atoms with Crippen LogP contribution in [0.4, 0.5) is 0 Å². The maximum atomic E-state index is 12.6. The van der Waals surface area contributed by atoms with Gasteiger partial charge in [-0.1, -0.05) is 28.1 Å². The van der Waals surface area contributed by atoms with Crippen LogP contribution in [-0.4, -0.2) is 20.1 Å². The minimum atomic E-state index is -0.150. The number of carbonyl (C=O) groups excluding carboxylic acids is 1. The van der Waals surface area contributed by atoms with Gasteiger partial charge in [0.25, 0.3) is 5.91 Å². The van der Waals surface area contributed by atoms with Crippen LogP contribution in [0.1, 0.15) is 28.9 Å². The lowest BCUT2D eigenvalue weighted by Gasteiger charge is -2.16. The van der Waals surface area contributed by atoms with Crippen molar-refractivity contribution in [1.29, 1.82) is 0 Å². The third-order valence-electron chi connectivity index (χ3n) is 3.41. The van der Waals surface area contributed by atoms with E-state index in [1.165, 1.54) is 0 Å². The fourth-order valence-electron chi connectivity index (χ4n) is 2.16. The van der Waals surface area contributed by atoms with E-state index in [0.29, 0.717) is 17.1 Å². The number of halogens is 2. The Hall–Kier alpha value is -1.28. The maximum Gasteiger partial charge on any atom is 0.252 e. The van der Waals surface area contributed by atoms with E-state index in [9.17, 15) is 4.79 Å². The molecule has 0 saturated carbocycles. The molecule has 1 N–H and O–H groups in total. The van der Waals surface area contributed by atoms with E-state index < -0.39 is 0 Å². The first-order valence-electron chi connectivity index (χ1n) is 6.94. The molecule has 0 saturated heterocycles. The summed E-state index contributed by atoms with van der Waals surface area (Å²) in [6.07, 6.45) is 0. The van der Waals surface area contributed by atoms with Gasteiger partial charge in [0.1, 0.15) is 0 Å². The van der Waals surface area contributed by atoms with Gasteiger partial charge in [0.05, 0.1) is 25.8 Å². The number of amides is 1. The second-order valence-electron chi connectivity index (χ2n) is 4.94. The van der Waals surface area contributed by atoms with Gasteiger partial charge in [-0.25, -0.2) is 0 Å². The first-order chi connectivity index (χ1) is 11.0. The standard InChI is InChI=1S/C17H17BrINO3/c1-10(11-5-4-6-12(18)7-11)20-17(21)13-8-15(22-2)16(23-3)9-14(13)19/h4-10H,1-3H3,(H,20,21). The molecule has 0 radical (unpaired) electrons. The Bertz CT molecular complexity index is 721. The van der Waals surface area contributed by atoms with E-state index in [4.69, 9.17) is 9.47 Å². The largest absolute Gasteiger partial charge is 0.493 e. The fourth-order valence-corrected chi connectivity index (χ4v) is 3.26. The second-order valence-corrected chi connectivity index (χ2v) is 7.02. The molecule has 122 valence electrons. The summed E-state index contributed by atoms with van der Waals surface area (Å²) in [5.41, 5.74) is 1.59. The highest BCUT2D eigenvalue weighted by molar-refractivity contribution is 14.1. The summed E-state index contributed by atoms with van der Waals surface area (Å²) in [5, 5.41) is 3.01. The molecule has 2 aromatic carbocycles. The molecule has 4 nitrogen and oxygen atoms in total. The Balaban J connectivity index is 2.23. The van der Waals surface area contributed by atoms with Crippen LogP contribution < -0.4 is 14.8 Å². The van der Waals surface area contributed by atoms with E-state index in [1.807, 2.05) is 31.2 Å². The third kappa shape index (κ3) is 4.38. The fraction of sp³-hybridized carbons (Fsp3) is 0.235. The van der Waals surface area contributed by atoms with Crippen molar-refractivity contribution < 1.29 is 14.3 Å². The van der Waals surface area contributed by atoms with E-state index >= 15 is 0 Å². The molecule has 6 heteroatoms. The zero-order valence-corrected chi connectivity index (χ0v) is 16.8. The summed E-state index contributed by atoms with van der Waals surface area (Å²) in [6, 6.07) is 11.3. The molecule has 0 aliphatic carbocycles. The topological polar surface area (TPSA) is 47.6 Å². The van der Waals surface area contributed by atoms with Gasteiger partial charge in [-0.3, -0.25) is 4.79 Å². The molecule has 0 aliphatic heterocycles. The van der Waals surface area contributed by atoms with Crippen molar-refractivity contribution in [3.05, 3.63) is 55.6 Å². The van der Waals surface area contributed by atoms with Crippen LogP contribution in [0.25, 0.3) is 0 Å². The third-order valence-corrected chi connectivity index (χ3v) is 4.80. The zero-order valence-electron chi connectivity index (χ0n) is 13.0. The number of methoxy groups -OCH3 is 2. The van der Waals surface area contributed by atoms with Crippen LogP contribution in [0.5, 0.6) is 11.5 Å². The predicted molar refractivity (Wildman–Crippen MR) is 102 cm³/mol. The van der Waals surface area contributed by atoms with Gasteiger partial charge in [0.15, 0.2) is 11.5 Å². The summed E-state index contributed by atoms with van der Waals surface area (Å²) in [4.78, 5) is 12.6. The average Bonchev–Trinajstić information content (AvgIpc) is 2.54. The number of benzene rings is 2. The van der Waals surface area contributed by atoms with Crippen LogP contribution >= 0.6 is 38.5 Å². The van der Waals surface area contributed by atoms with Crippen molar-refractivity contribution in [3.63, 3.8) is 0 Å². The monoisotopic (exact) mass is 489 g/mol. The molecule has 1 unspecified atom stereocenters. The highest BCUT2D eigenvalue weighted by Crippen LogP contribution is 2.31. The van der Waals surface area contributed by atoms with Gasteiger partial charge in [0.2, 0.25) is 0 Å². The summed E-state index contributed by atoms with van der Waals surface area (Å²) in [6.45, 7) is 1.95. The first kappa shape index (κ1) is 18.1. The van der Waals surface area contributed by atoms with Gasteiger partial charge >= 0.3 is 0 Å². The van der Waals surface area contributed by atoms with Gasteiger partial charge in [-0.05, 0) is 59.3 Å². The Labute approximate surface area is 157 Å². The molecule has 1 amide bonds. The molecule has 0 aromatic heterocycles. The maximum absolute atomic E-state index is 12.6.